The van der Waals surface area contributed by atoms with Gasteiger partial charge in [-0.15, -0.1) is 0 Å². The summed E-state index contributed by atoms with van der Waals surface area (Å²) in [5.74, 6) is 4.21. The van der Waals surface area contributed by atoms with Crippen molar-refractivity contribution in [1.82, 2.24) is 0 Å². The highest BCUT2D eigenvalue weighted by Gasteiger charge is 2.66. The van der Waals surface area contributed by atoms with E-state index in [9.17, 15) is 0 Å². The first-order valence-corrected chi connectivity index (χ1v) is 12.2. The molecule has 0 spiro atoms. The number of rotatable bonds is 5. The molecule has 0 aliphatic heterocycles. The summed E-state index contributed by atoms with van der Waals surface area (Å²) in [5, 5.41) is 0. The molecule has 0 radical (unpaired) electrons. The second-order valence-electron chi connectivity index (χ2n) is 11.4. The third-order valence-corrected chi connectivity index (χ3v) is 10.5. The summed E-state index contributed by atoms with van der Waals surface area (Å²) in [6, 6.07) is 0. The molecule has 0 saturated heterocycles. The summed E-state index contributed by atoms with van der Waals surface area (Å²) in [5.41, 5.74) is 8.69. The lowest BCUT2D eigenvalue weighted by molar-refractivity contribution is -0.149. The highest BCUT2D eigenvalue weighted by molar-refractivity contribution is 5.19. The van der Waals surface area contributed by atoms with Gasteiger partial charge in [0.05, 0.1) is 0 Å². The summed E-state index contributed by atoms with van der Waals surface area (Å²) in [6.45, 7) is 8.65. The average Bonchev–Trinajstić information content (AvgIpc) is 2.98. The van der Waals surface area contributed by atoms with Crippen molar-refractivity contribution in [2.45, 2.75) is 103 Å². The van der Waals surface area contributed by atoms with E-state index in [1.807, 2.05) is 7.11 Å². The van der Waals surface area contributed by atoms with Gasteiger partial charge in [-0.25, -0.2) is 0 Å². The van der Waals surface area contributed by atoms with Gasteiger partial charge in [0, 0.05) is 19.3 Å². The number of hydrogen-bond acceptors (Lipinski definition) is 2. The fourth-order valence-electron chi connectivity index (χ4n) is 9.33. The zero-order valence-corrected chi connectivity index (χ0v) is 18.6. The highest BCUT2D eigenvalue weighted by atomic mass is 16.5. The quantitative estimate of drug-likeness (QED) is 0.582. The molecular formula is C25H45NO. The van der Waals surface area contributed by atoms with Crippen molar-refractivity contribution in [3.8, 4) is 0 Å². The lowest BCUT2D eigenvalue weighted by Gasteiger charge is -2.67. The van der Waals surface area contributed by atoms with Crippen LogP contribution in [0.15, 0.2) is 0 Å². The first-order valence-electron chi connectivity index (χ1n) is 12.2. The maximum atomic E-state index is 7.59. The van der Waals surface area contributed by atoms with Crippen molar-refractivity contribution in [3.05, 3.63) is 0 Å². The summed E-state index contributed by atoms with van der Waals surface area (Å²) < 4.78 is 5.35. The van der Waals surface area contributed by atoms with Gasteiger partial charge in [0.25, 0.3) is 0 Å². The Bertz CT molecular complexity index is 534. The Labute approximate surface area is 168 Å². The molecule has 4 aliphatic rings. The zero-order valence-electron chi connectivity index (χ0n) is 18.6. The molecule has 0 bridgehead atoms. The van der Waals surface area contributed by atoms with Crippen LogP contribution in [0, 0.1) is 40.4 Å². The predicted octanol–water partition coefficient (Wildman–Crippen LogP) is 6.18. The molecule has 2 N–H and O–H groups in total. The minimum absolute atomic E-state index is 0.103. The van der Waals surface area contributed by atoms with E-state index in [1.54, 1.807) is 0 Å². The van der Waals surface area contributed by atoms with Crippen molar-refractivity contribution in [2.24, 2.45) is 46.2 Å². The van der Waals surface area contributed by atoms with Crippen LogP contribution in [0.2, 0.25) is 0 Å². The Morgan fingerprint density at radius 1 is 0.963 bits per heavy atom. The number of ether oxygens (including phenoxy) is 1. The van der Waals surface area contributed by atoms with Crippen LogP contribution >= 0.6 is 0 Å². The molecule has 4 saturated carbocycles. The normalized spacial score (nSPS) is 52.1. The van der Waals surface area contributed by atoms with Crippen LogP contribution in [0.25, 0.3) is 0 Å². The molecule has 27 heavy (non-hydrogen) atoms. The molecule has 0 heterocycles. The fraction of sp³-hybridized carbons (Fsp3) is 1.00. The largest absolute Gasteiger partial charge is 0.385 e. The molecule has 2 heteroatoms. The molecule has 8 atom stereocenters. The maximum absolute atomic E-state index is 7.59. The van der Waals surface area contributed by atoms with E-state index in [4.69, 9.17) is 10.5 Å². The molecular weight excluding hydrogens is 330 g/mol. The number of fused-ring (bicyclic) bond motifs is 5. The zero-order chi connectivity index (χ0) is 19.3. The smallest absolute Gasteiger partial charge is 0.0462 e. The van der Waals surface area contributed by atoms with E-state index in [1.165, 1.54) is 77.0 Å². The predicted molar refractivity (Wildman–Crippen MR) is 114 cm³/mol. The monoisotopic (exact) mass is 375 g/mol. The summed E-state index contributed by atoms with van der Waals surface area (Å²) in [4.78, 5) is 0. The van der Waals surface area contributed by atoms with Crippen molar-refractivity contribution >= 4 is 0 Å². The summed E-state index contributed by atoms with van der Waals surface area (Å²) in [7, 11) is 1.84. The molecule has 4 rings (SSSR count). The second-order valence-corrected chi connectivity index (χ2v) is 11.4. The van der Waals surface area contributed by atoms with E-state index in [2.05, 4.69) is 20.8 Å². The Morgan fingerprint density at radius 3 is 2.48 bits per heavy atom. The molecule has 156 valence electrons. The number of hydrogen-bond donors (Lipinski definition) is 1. The van der Waals surface area contributed by atoms with Gasteiger partial charge in [-0.1, -0.05) is 40.0 Å². The summed E-state index contributed by atoms with van der Waals surface area (Å²) >= 11 is 0. The molecule has 2 unspecified atom stereocenters. The van der Waals surface area contributed by atoms with E-state index in [0.29, 0.717) is 10.8 Å². The standard InChI is InChI=1S/C25H45NO/c1-5-18-17-25(26)21-12-11-19(9-8-16-27-4)23(21,2)15-13-22(25)24(3)14-7-6-10-20(18)24/h18-22H,5-17,26H2,1-4H3/t18-,19?,20-,21?,22+,23+,24-,25+/m0/s1. The third-order valence-electron chi connectivity index (χ3n) is 10.5. The van der Waals surface area contributed by atoms with Gasteiger partial charge in [0.15, 0.2) is 0 Å². The second kappa shape index (κ2) is 7.31. The lowest BCUT2D eigenvalue weighted by Crippen LogP contribution is -2.69. The molecule has 4 aliphatic carbocycles. The van der Waals surface area contributed by atoms with Gasteiger partial charge < -0.3 is 10.5 Å². The summed E-state index contributed by atoms with van der Waals surface area (Å²) in [6.07, 6.45) is 16.7. The lowest BCUT2D eigenvalue weighted by atomic mass is 9.40. The van der Waals surface area contributed by atoms with Gasteiger partial charge in [0.1, 0.15) is 0 Å². The van der Waals surface area contributed by atoms with E-state index >= 15 is 0 Å². The number of nitrogens with two attached hydrogens (primary N) is 1. The van der Waals surface area contributed by atoms with Gasteiger partial charge >= 0.3 is 0 Å². The molecule has 0 aromatic heterocycles. The van der Waals surface area contributed by atoms with Crippen molar-refractivity contribution in [2.75, 3.05) is 13.7 Å². The number of methoxy groups -OCH3 is 1. The highest BCUT2D eigenvalue weighted by Crippen LogP contribution is 2.69. The van der Waals surface area contributed by atoms with E-state index in [0.717, 1.165) is 36.2 Å². The van der Waals surface area contributed by atoms with Crippen LogP contribution in [-0.4, -0.2) is 19.3 Å². The average molecular weight is 376 g/mol. The van der Waals surface area contributed by atoms with Crippen molar-refractivity contribution < 1.29 is 4.74 Å². The van der Waals surface area contributed by atoms with Crippen LogP contribution in [0.4, 0.5) is 0 Å². The Kier molecular flexibility index (Phi) is 5.47. The Balaban J connectivity index is 1.62. The first kappa shape index (κ1) is 20.2. The molecule has 2 nitrogen and oxygen atoms in total. The minimum Gasteiger partial charge on any atom is -0.385 e. The fourth-order valence-corrected chi connectivity index (χ4v) is 9.33. The van der Waals surface area contributed by atoms with Gasteiger partial charge in [0.2, 0.25) is 0 Å². The van der Waals surface area contributed by atoms with Crippen molar-refractivity contribution in [3.63, 3.8) is 0 Å². The molecule has 4 fully saturated rings. The van der Waals surface area contributed by atoms with Gasteiger partial charge in [-0.3, -0.25) is 0 Å². The third kappa shape index (κ3) is 2.95. The minimum atomic E-state index is 0.103. The van der Waals surface area contributed by atoms with E-state index in [-0.39, 0.29) is 5.54 Å². The first-order chi connectivity index (χ1) is 12.9. The van der Waals surface area contributed by atoms with Crippen LogP contribution < -0.4 is 5.73 Å². The maximum Gasteiger partial charge on any atom is 0.0462 e. The van der Waals surface area contributed by atoms with E-state index < -0.39 is 0 Å². The molecule has 0 aromatic carbocycles. The van der Waals surface area contributed by atoms with Crippen molar-refractivity contribution in [1.29, 1.82) is 0 Å². The topological polar surface area (TPSA) is 35.2 Å². The van der Waals surface area contributed by atoms with Crippen LogP contribution in [-0.2, 0) is 4.74 Å². The van der Waals surface area contributed by atoms with Gasteiger partial charge in [-0.05, 0) is 98.2 Å². The van der Waals surface area contributed by atoms with Crippen LogP contribution in [0.3, 0.4) is 0 Å². The molecule has 0 aromatic rings. The van der Waals surface area contributed by atoms with Crippen LogP contribution in [0.5, 0.6) is 0 Å². The Hall–Kier alpha value is -0.0800. The SMILES string of the molecule is CC[C@H]1C[C@@]2(N)C3CCC(CCCOC)[C@@]3(C)CC[C@@H]2[C@@]2(C)CCCC[C@@H]12. The molecule has 0 amide bonds. The Morgan fingerprint density at radius 2 is 1.74 bits per heavy atom. The van der Waals surface area contributed by atoms with Gasteiger partial charge in [-0.2, -0.15) is 0 Å². The van der Waals surface area contributed by atoms with Crippen LogP contribution in [0.1, 0.15) is 97.8 Å².